The Bertz CT molecular complexity index is 497. The van der Waals surface area contributed by atoms with Crippen LogP contribution in [0.25, 0.3) is 0 Å². The molecule has 17 heavy (non-hydrogen) atoms. The van der Waals surface area contributed by atoms with E-state index < -0.39 is 17.4 Å². The fraction of sp³-hybridized carbons (Fsp3) is 0.273. The third-order valence-corrected chi connectivity index (χ3v) is 3.27. The number of amides is 1. The highest BCUT2D eigenvalue weighted by Crippen LogP contribution is 2.40. The summed E-state index contributed by atoms with van der Waals surface area (Å²) in [5.74, 6) is -1.49. The maximum atomic E-state index is 11.3. The van der Waals surface area contributed by atoms with Gasteiger partial charge in [0.25, 0.3) is 5.91 Å². The van der Waals surface area contributed by atoms with Crippen molar-refractivity contribution < 1.29 is 14.7 Å². The zero-order valence-corrected chi connectivity index (χ0v) is 10.5. The molecule has 1 saturated carbocycles. The Kier molecular flexibility index (Phi) is 2.82. The molecule has 0 radical (unpaired) electrons. The lowest BCUT2D eigenvalue weighted by molar-refractivity contribution is -0.138. The Morgan fingerprint density at radius 2 is 2.06 bits per heavy atom. The fourth-order valence-electron chi connectivity index (χ4n) is 1.60. The van der Waals surface area contributed by atoms with Gasteiger partial charge in [-0.25, -0.2) is 4.79 Å². The van der Waals surface area contributed by atoms with Crippen molar-refractivity contribution in [3.05, 3.63) is 28.2 Å². The standard InChI is InChI=1S/C11H11BrN2O3/c12-6-1-2-8(7(5-6)9(13)15)14-11(3-4-11)10(16)17/h1-2,5,14H,3-4H2,(H2,13,15)(H,16,17). The lowest BCUT2D eigenvalue weighted by Gasteiger charge is -2.16. The molecule has 0 aromatic heterocycles. The van der Waals surface area contributed by atoms with Gasteiger partial charge in [-0.1, -0.05) is 15.9 Å². The van der Waals surface area contributed by atoms with Crippen molar-refractivity contribution in [1.82, 2.24) is 0 Å². The molecule has 1 aliphatic rings. The van der Waals surface area contributed by atoms with Gasteiger partial charge in [0.15, 0.2) is 0 Å². The molecule has 90 valence electrons. The summed E-state index contributed by atoms with van der Waals surface area (Å²) in [6.45, 7) is 0. The van der Waals surface area contributed by atoms with E-state index in [0.29, 0.717) is 18.5 Å². The molecule has 1 aromatic carbocycles. The van der Waals surface area contributed by atoms with Crippen LogP contribution in [0.15, 0.2) is 22.7 Å². The molecule has 4 N–H and O–H groups in total. The van der Waals surface area contributed by atoms with E-state index in [-0.39, 0.29) is 5.56 Å². The molecule has 6 heteroatoms. The van der Waals surface area contributed by atoms with Crippen molar-refractivity contribution in [3.8, 4) is 0 Å². The summed E-state index contributed by atoms with van der Waals surface area (Å²) in [7, 11) is 0. The van der Waals surface area contributed by atoms with Crippen LogP contribution in [0.4, 0.5) is 5.69 Å². The number of carbonyl (C=O) groups is 2. The molecule has 0 spiro atoms. The molecule has 0 aliphatic heterocycles. The minimum Gasteiger partial charge on any atom is -0.480 e. The van der Waals surface area contributed by atoms with Crippen LogP contribution in [-0.4, -0.2) is 22.5 Å². The van der Waals surface area contributed by atoms with Crippen LogP contribution >= 0.6 is 15.9 Å². The van der Waals surface area contributed by atoms with Crippen LogP contribution < -0.4 is 11.1 Å². The van der Waals surface area contributed by atoms with Gasteiger partial charge in [-0.05, 0) is 31.0 Å². The number of halogens is 1. The molecule has 1 aliphatic carbocycles. The van der Waals surface area contributed by atoms with Crippen molar-refractivity contribution in [2.75, 3.05) is 5.32 Å². The Hall–Kier alpha value is -1.56. The second-order valence-electron chi connectivity index (χ2n) is 4.07. The van der Waals surface area contributed by atoms with E-state index in [1.54, 1.807) is 18.2 Å². The van der Waals surface area contributed by atoms with Gasteiger partial charge >= 0.3 is 5.97 Å². The first-order valence-corrected chi connectivity index (χ1v) is 5.85. The molecule has 0 heterocycles. The van der Waals surface area contributed by atoms with Crippen LogP contribution in [0.5, 0.6) is 0 Å². The van der Waals surface area contributed by atoms with E-state index in [0.717, 1.165) is 4.47 Å². The highest BCUT2D eigenvalue weighted by Gasteiger charge is 2.50. The Morgan fingerprint density at radius 3 is 2.53 bits per heavy atom. The van der Waals surface area contributed by atoms with E-state index in [9.17, 15) is 9.59 Å². The zero-order chi connectivity index (χ0) is 12.6. The first-order chi connectivity index (χ1) is 7.94. The monoisotopic (exact) mass is 298 g/mol. The number of aliphatic carboxylic acids is 1. The summed E-state index contributed by atoms with van der Waals surface area (Å²) < 4.78 is 0.719. The number of nitrogens with two attached hydrogens (primary N) is 1. The van der Waals surface area contributed by atoms with Gasteiger partial charge in [-0.3, -0.25) is 4.79 Å². The van der Waals surface area contributed by atoms with Gasteiger partial charge in [0.05, 0.1) is 5.56 Å². The van der Waals surface area contributed by atoms with E-state index in [1.807, 2.05) is 0 Å². The summed E-state index contributed by atoms with van der Waals surface area (Å²) in [4.78, 5) is 22.3. The second kappa shape index (κ2) is 4.03. The summed E-state index contributed by atoms with van der Waals surface area (Å²) in [6, 6.07) is 4.95. The van der Waals surface area contributed by atoms with Crippen LogP contribution in [-0.2, 0) is 4.79 Å². The van der Waals surface area contributed by atoms with Gasteiger partial charge < -0.3 is 16.2 Å². The maximum absolute atomic E-state index is 11.3. The zero-order valence-electron chi connectivity index (χ0n) is 8.87. The van der Waals surface area contributed by atoms with Gasteiger partial charge in [0.2, 0.25) is 0 Å². The van der Waals surface area contributed by atoms with Crippen molar-refractivity contribution in [2.24, 2.45) is 5.73 Å². The maximum Gasteiger partial charge on any atom is 0.329 e. The minimum atomic E-state index is -0.933. The summed E-state index contributed by atoms with van der Waals surface area (Å²) >= 11 is 3.24. The highest BCUT2D eigenvalue weighted by atomic mass is 79.9. The third-order valence-electron chi connectivity index (χ3n) is 2.78. The minimum absolute atomic E-state index is 0.284. The number of hydrogen-bond donors (Lipinski definition) is 3. The van der Waals surface area contributed by atoms with Crippen LogP contribution in [0.3, 0.4) is 0 Å². The molecule has 0 unspecified atom stereocenters. The molecular formula is C11H11BrN2O3. The van der Waals surface area contributed by atoms with Crippen molar-refractivity contribution in [2.45, 2.75) is 18.4 Å². The largest absolute Gasteiger partial charge is 0.480 e. The quantitative estimate of drug-likeness (QED) is 0.787. The van der Waals surface area contributed by atoms with Gasteiger partial charge in [0, 0.05) is 10.2 Å². The number of nitrogens with one attached hydrogen (secondary N) is 1. The molecular weight excluding hydrogens is 288 g/mol. The third kappa shape index (κ3) is 2.26. The first kappa shape index (κ1) is 11.9. The lowest BCUT2D eigenvalue weighted by atomic mass is 10.1. The van der Waals surface area contributed by atoms with E-state index >= 15 is 0 Å². The van der Waals surface area contributed by atoms with E-state index in [2.05, 4.69) is 21.2 Å². The van der Waals surface area contributed by atoms with Crippen molar-refractivity contribution >= 4 is 33.5 Å². The number of rotatable bonds is 4. The number of carboxylic acid groups (broad SMARTS) is 1. The van der Waals surface area contributed by atoms with Crippen molar-refractivity contribution in [1.29, 1.82) is 0 Å². The molecule has 1 amide bonds. The average Bonchev–Trinajstić information content (AvgIpc) is 3.01. The van der Waals surface area contributed by atoms with Crippen LogP contribution in [0, 0.1) is 0 Å². The first-order valence-electron chi connectivity index (χ1n) is 5.05. The number of benzene rings is 1. The number of primary amides is 1. The molecule has 2 rings (SSSR count). The summed E-state index contributed by atoms with van der Waals surface area (Å²) in [6.07, 6.45) is 1.10. The van der Waals surface area contributed by atoms with E-state index in [1.165, 1.54) is 0 Å². The Balaban J connectivity index is 2.33. The van der Waals surface area contributed by atoms with Crippen LogP contribution in [0.1, 0.15) is 23.2 Å². The number of carbonyl (C=O) groups excluding carboxylic acids is 1. The topological polar surface area (TPSA) is 92.4 Å². The second-order valence-corrected chi connectivity index (χ2v) is 4.98. The highest BCUT2D eigenvalue weighted by molar-refractivity contribution is 9.10. The molecule has 1 aromatic rings. The summed E-state index contributed by atoms with van der Waals surface area (Å²) in [5, 5.41) is 11.9. The number of hydrogen-bond acceptors (Lipinski definition) is 3. The normalized spacial score (nSPS) is 16.3. The molecule has 0 atom stereocenters. The predicted octanol–water partition coefficient (Wildman–Crippen LogP) is 1.58. The predicted molar refractivity (Wildman–Crippen MR) is 65.9 cm³/mol. The fourth-order valence-corrected chi connectivity index (χ4v) is 1.97. The van der Waals surface area contributed by atoms with Gasteiger partial charge in [-0.15, -0.1) is 0 Å². The molecule has 0 bridgehead atoms. The molecule has 1 fully saturated rings. The van der Waals surface area contributed by atoms with Crippen LogP contribution in [0.2, 0.25) is 0 Å². The smallest absolute Gasteiger partial charge is 0.329 e. The number of carboxylic acids is 1. The summed E-state index contributed by atoms with van der Waals surface area (Å²) in [5.41, 5.74) is 5.06. The van der Waals surface area contributed by atoms with E-state index in [4.69, 9.17) is 10.8 Å². The average molecular weight is 299 g/mol. The SMILES string of the molecule is NC(=O)c1cc(Br)ccc1NC1(C(=O)O)CC1. The molecule has 5 nitrogen and oxygen atoms in total. The van der Waals surface area contributed by atoms with Gasteiger partial charge in [-0.2, -0.15) is 0 Å². The Labute approximate surface area is 106 Å². The lowest BCUT2D eigenvalue weighted by Crippen LogP contribution is -2.32. The van der Waals surface area contributed by atoms with Gasteiger partial charge in [0.1, 0.15) is 5.54 Å². The molecule has 0 saturated heterocycles. The Morgan fingerprint density at radius 1 is 1.41 bits per heavy atom. The van der Waals surface area contributed by atoms with Crippen molar-refractivity contribution in [3.63, 3.8) is 0 Å². The number of anilines is 1.